The molecule has 0 bridgehead atoms. The van der Waals surface area contributed by atoms with Crippen LogP contribution in [0, 0.1) is 0 Å². The third-order valence-corrected chi connectivity index (χ3v) is 3.85. The van der Waals surface area contributed by atoms with Crippen LogP contribution in [-0.2, 0) is 6.18 Å². The number of H-pyrrole nitrogens is 2. The van der Waals surface area contributed by atoms with Crippen molar-refractivity contribution in [2.75, 3.05) is 0 Å². The highest BCUT2D eigenvalue weighted by molar-refractivity contribution is 5.80. The van der Waals surface area contributed by atoms with Gasteiger partial charge in [-0.2, -0.15) is 18.3 Å². The van der Waals surface area contributed by atoms with E-state index in [0.717, 1.165) is 17.7 Å². The molecule has 0 spiro atoms. The fourth-order valence-electron chi connectivity index (χ4n) is 2.56. The number of benzene rings is 1. The summed E-state index contributed by atoms with van der Waals surface area (Å²) in [6.07, 6.45) is -1.29. The number of fused-ring (bicyclic) bond motifs is 1. The first-order chi connectivity index (χ1) is 12.4. The van der Waals surface area contributed by atoms with E-state index in [1.54, 1.807) is 24.5 Å². The second kappa shape index (κ2) is 5.80. The highest BCUT2D eigenvalue weighted by Gasteiger charge is 2.30. The summed E-state index contributed by atoms with van der Waals surface area (Å²) in [5, 5.41) is 6.36. The monoisotopic (exact) mass is 357 g/mol. The first-order valence-corrected chi connectivity index (χ1v) is 7.49. The lowest BCUT2D eigenvalue weighted by Crippen LogP contribution is -2.12. The molecule has 0 fully saturated rings. The third kappa shape index (κ3) is 2.83. The summed E-state index contributed by atoms with van der Waals surface area (Å²) in [6, 6.07) is 8.15. The molecule has 0 unspecified atom stereocenters. The van der Waals surface area contributed by atoms with Crippen LogP contribution in [0.4, 0.5) is 13.2 Å². The minimum atomic E-state index is -4.46. The van der Waals surface area contributed by atoms with Crippen LogP contribution in [0.2, 0.25) is 0 Å². The molecule has 0 saturated heterocycles. The summed E-state index contributed by atoms with van der Waals surface area (Å²) in [4.78, 5) is 23.1. The fraction of sp³-hybridized carbons (Fsp3) is 0.0588. The summed E-state index contributed by atoms with van der Waals surface area (Å²) in [6.45, 7) is 0. The lowest BCUT2D eigenvalue weighted by Gasteiger charge is -2.04. The summed E-state index contributed by atoms with van der Waals surface area (Å²) in [5.74, 6) is 0.165. The van der Waals surface area contributed by atoms with E-state index >= 15 is 0 Å². The molecule has 26 heavy (non-hydrogen) atoms. The van der Waals surface area contributed by atoms with Crippen molar-refractivity contribution in [3.63, 3.8) is 0 Å². The number of rotatable bonds is 2. The molecule has 9 heteroatoms. The lowest BCUT2D eigenvalue weighted by atomic mass is 10.1. The molecule has 130 valence electrons. The SMILES string of the molecule is O=c1[nH]nc(-c2ccncc2)cc1-c1nc2cc(C(F)(F)F)ccc2[nH]1. The summed E-state index contributed by atoms with van der Waals surface area (Å²) < 4.78 is 38.5. The Kier molecular flexibility index (Phi) is 3.57. The first-order valence-electron chi connectivity index (χ1n) is 7.49. The predicted molar refractivity (Wildman–Crippen MR) is 88.2 cm³/mol. The van der Waals surface area contributed by atoms with Crippen molar-refractivity contribution in [3.05, 3.63) is 64.7 Å². The molecule has 0 aliphatic heterocycles. The Morgan fingerprint density at radius 2 is 1.77 bits per heavy atom. The van der Waals surface area contributed by atoms with E-state index in [9.17, 15) is 18.0 Å². The fourth-order valence-corrected chi connectivity index (χ4v) is 2.56. The van der Waals surface area contributed by atoms with E-state index in [2.05, 4.69) is 25.1 Å². The molecule has 0 saturated carbocycles. The van der Waals surface area contributed by atoms with Gasteiger partial charge < -0.3 is 4.98 Å². The minimum absolute atomic E-state index is 0.122. The van der Waals surface area contributed by atoms with Crippen LogP contribution in [0.5, 0.6) is 0 Å². The van der Waals surface area contributed by atoms with E-state index in [-0.39, 0.29) is 16.9 Å². The average Bonchev–Trinajstić information content (AvgIpc) is 3.05. The van der Waals surface area contributed by atoms with Gasteiger partial charge in [0, 0.05) is 18.0 Å². The Balaban J connectivity index is 1.84. The largest absolute Gasteiger partial charge is 0.416 e. The van der Waals surface area contributed by atoms with Gasteiger partial charge in [-0.3, -0.25) is 9.78 Å². The zero-order valence-corrected chi connectivity index (χ0v) is 13.0. The van der Waals surface area contributed by atoms with E-state index < -0.39 is 17.3 Å². The molecule has 6 nitrogen and oxygen atoms in total. The second-order valence-corrected chi connectivity index (χ2v) is 5.55. The molecule has 4 aromatic rings. The van der Waals surface area contributed by atoms with Gasteiger partial charge in [-0.05, 0) is 36.4 Å². The predicted octanol–water partition coefficient (Wildman–Crippen LogP) is 3.39. The smallest absolute Gasteiger partial charge is 0.338 e. The van der Waals surface area contributed by atoms with Crippen molar-refractivity contribution in [3.8, 4) is 22.6 Å². The zero-order valence-electron chi connectivity index (χ0n) is 13.0. The number of pyridine rings is 1. The number of aromatic nitrogens is 5. The van der Waals surface area contributed by atoms with Gasteiger partial charge in [-0.25, -0.2) is 10.1 Å². The number of alkyl halides is 3. The molecular weight excluding hydrogens is 347 g/mol. The Morgan fingerprint density at radius 1 is 1.00 bits per heavy atom. The molecule has 3 heterocycles. The van der Waals surface area contributed by atoms with Crippen LogP contribution in [0.1, 0.15) is 5.56 Å². The highest BCUT2D eigenvalue weighted by Crippen LogP contribution is 2.31. The van der Waals surface area contributed by atoms with Crippen LogP contribution in [0.3, 0.4) is 0 Å². The molecule has 3 aromatic heterocycles. The molecule has 0 aliphatic rings. The van der Waals surface area contributed by atoms with Gasteiger partial charge in [0.2, 0.25) is 0 Å². The number of nitrogens with one attached hydrogen (secondary N) is 2. The molecule has 0 atom stereocenters. The van der Waals surface area contributed by atoms with Crippen LogP contribution < -0.4 is 5.56 Å². The number of hydrogen-bond donors (Lipinski definition) is 2. The third-order valence-electron chi connectivity index (χ3n) is 3.85. The Bertz CT molecular complexity index is 1150. The van der Waals surface area contributed by atoms with Crippen molar-refractivity contribution >= 4 is 11.0 Å². The van der Waals surface area contributed by atoms with Crippen molar-refractivity contribution < 1.29 is 13.2 Å². The first kappa shape index (κ1) is 16.0. The van der Waals surface area contributed by atoms with Crippen LogP contribution in [0.25, 0.3) is 33.7 Å². The van der Waals surface area contributed by atoms with Gasteiger partial charge in [0.05, 0.1) is 27.9 Å². The summed E-state index contributed by atoms with van der Waals surface area (Å²) >= 11 is 0. The van der Waals surface area contributed by atoms with Gasteiger partial charge in [0.25, 0.3) is 5.56 Å². The van der Waals surface area contributed by atoms with Crippen LogP contribution in [-0.4, -0.2) is 25.1 Å². The van der Waals surface area contributed by atoms with Crippen molar-refractivity contribution in [1.29, 1.82) is 0 Å². The van der Waals surface area contributed by atoms with Gasteiger partial charge >= 0.3 is 6.18 Å². The Morgan fingerprint density at radius 3 is 2.50 bits per heavy atom. The zero-order chi connectivity index (χ0) is 18.3. The Hall–Kier alpha value is -3.49. The second-order valence-electron chi connectivity index (χ2n) is 5.55. The maximum atomic E-state index is 12.8. The standard InChI is InChI=1S/C17H10F3N5O/c18-17(19,20)10-1-2-12-14(7-10)23-15(22-12)11-8-13(24-25-16(11)26)9-3-5-21-6-4-9/h1-8H,(H,22,23)(H,25,26). The van der Waals surface area contributed by atoms with E-state index in [1.807, 2.05) is 0 Å². The maximum Gasteiger partial charge on any atom is 0.416 e. The number of hydrogen-bond acceptors (Lipinski definition) is 4. The van der Waals surface area contributed by atoms with Crippen LogP contribution in [0.15, 0.2) is 53.6 Å². The molecule has 2 N–H and O–H groups in total. The van der Waals surface area contributed by atoms with E-state index in [4.69, 9.17) is 0 Å². The molecule has 4 rings (SSSR count). The molecule has 1 aromatic carbocycles. The van der Waals surface area contributed by atoms with Gasteiger partial charge in [-0.15, -0.1) is 0 Å². The summed E-state index contributed by atoms with van der Waals surface area (Å²) in [7, 11) is 0. The number of nitrogens with zero attached hydrogens (tertiary/aromatic N) is 3. The van der Waals surface area contributed by atoms with Crippen molar-refractivity contribution in [1.82, 2.24) is 25.1 Å². The summed E-state index contributed by atoms with van der Waals surface area (Å²) in [5.41, 5.74) is 0.608. The molecular formula is C17H10F3N5O. The lowest BCUT2D eigenvalue weighted by molar-refractivity contribution is -0.137. The van der Waals surface area contributed by atoms with Crippen LogP contribution >= 0.6 is 0 Å². The highest BCUT2D eigenvalue weighted by atomic mass is 19.4. The number of imidazole rings is 1. The quantitative estimate of drug-likeness (QED) is 0.576. The van der Waals surface area contributed by atoms with Gasteiger partial charge in [0.15, 0.2) is 0 Å². The maximum absolute atomic E-state index is 12.8. The van der Waals surface area contributed by atoms with Crippen molar-refractivity contribution in [2.45, 2.75) is 6.18 Å². The number of aromatic amines is 2. The molecule has 0 aliphatic carbocycles. The van der Waals surface area contributed by atoms with Crippen molar-refractivity contribution in [2.24, 2.45) is 0 Å². The molecule has 0 radical (unpaired) electrons. The normalized spacial score (nSPS) is 11.8. The van der Waals surface area contributed by atoms with Gasteiger partial charge in [0.1, 0.15) is 5.82 Å². The topological polar surface area (TPSA) is 87.3 Å². The number of halogens is 3. The van der Waals surface area contributed by atoms with E-state index in [0.29, 0.717) is 11.2 Å². The Labute approximate surface area is 143 Å². The molecule has 0 amide bonds. The minimum Gasteiger partial charge on any atom is -0.338 e. The average molecular weight is 357 g/mol. The van der Waals surface area contributed by atoms with E-state index in [1.165, 1.54) is 12.1 Å². The van der Waals surface area contributed by atoms with Gasteiger partial charge in [-0.1, -0.05) is 0 Å².